The molecule has 0 atom stereocenters. The summed E-state index contributed by atoms with van der Waals surface area (Å²) in [6.45, 7) is 2.97. The number of nitrogens with one attached hydrogen (secondary N) is 1. The van der Waals surface area contributed by atoms with Gasteiger partial charge in [0.05, 0.1) is 0 Å². The lowest BCUT2D eigenvalue weighted by molar-refractivity contribution is -0.0494. The molecule has 0 unspecified atom stereocenters. The predicted molar refractivity (Wildman–Crippen MR) is 82.4 cm³/mol. The lowest BCUT2D eigenvalue weighted by Gasteiger charge is -2.36. The number of hydrogen-bond donors (Lipinski definition) is 1. The standard InChI is InChI=1S/C17H24F2N2O/c18-17(19)6-1-13(2-7-17)12-21-9-4-14(5-10-21)15-3-8-20-16(22)11-15/h3,8,11,13-14H,1-2,4-7,9-10,12H2,(H,20,22). The highest BCUT2D eigenvalue weighted by molar-refractivity contribution is 5.16. The van der Waals surface area contributed by atoms with Crippen LogP contribution in [0.4, 0.5) is 8.78 Å². The zero-order valence-electron chi connectivity index (χ0n) is 12.9. The molecule has 2 heterocycles. The smallest absolute Gasteiger partial charge is 0.248 e. The van der Waals surface area contributed by atoms with E-state index in [0.717, 1.165) is 38.0 Å². The fraction of sp³-hybridized carbons (Fsp3) is 0.706. The Morgan fingerprint density at radius 3 is 2.50 bits per heavy atom. The number of H-pyrrole nitrogens is 1. The van der Waals surface area contributed by atoms with Crippen molar-refractivity contribution in [2.24, 2.45) is 5.92 Å². The number of piperidine rings is 1. The van der Waals surface area contributed by atoms with Crippen LogP contribution in [0.1, 0.15) is 50.0 Å². The molecular weight excluding hydrogens is 286 g/mol. The largest absolute Gasteiger partial charge is 0.329 e. The second-order valence-corrected chi connectivity index (χ2v) is 6.86. The first-order valence-electron chi connectivity index (χ1n) is 8.31. The molecule has 122 valence electrons. The highest BCUT2D eigenvalue weighted by atomic mass is 19.3. The van der Waals surface area contributed by atoms with Crippen molar-refractivity contribution in [3.63, 3.8) is 0 Å². The number of likely N-dealkylation sites (tertiary alicyclic amines) is 1. The van der Waals surface area contributed by atoms with Crippen molar-refractivity contribution in [3.8, 4) is 0 Å². The van der Waals surface area contributed by atoms with Crippen molar-refractivity contribution >= 4 is 0 Å². The van der Waals surface area contributed by atoms with E-state index in [4.69, 9.17) is 0 Å². The van der Waals surface area contributed by atoms with Crippen LogP contribution < -0.4 is 5.56 Å². The maximum Gasteiger partial charge on any atom is 0.248 e. The van der Waals surface area contributed by atoms with E-state index in [1.807, 2.05) is 6.07 Å². The van der Waals surface area contributed by atoms with E-state index in [-0.39, 0.29) is 18.4 Å². The Kier molecular flexibility index (Phi) is 4.62. The summed E-state index contributed by atoms with van der Waals surface area (Å²) in [5.41, 5.74) is 1.09. The van der Waals surface area contributed by atoms with Gasteiger partial charge in [0.1, 0.15) is 0 Å². The van der Waals surface area contributed by atoms with Gasteiger partial charge in [-0.3, -0.25) is 4.79 Å². The van der Waals surface area contributed by atoms with Crippen LogP contribution in [0.2, 0.25) is 0 Å². The van der Waals surface area contributed by atoms with Gasteiger partial charge in [0.25, 0.3) is 0 Å². The van der Waals surface area contributed by atoms with E-state index in [2.05, 4.69) is 9.88 Å². The lowest BCUT2D eigenvalue weighted by Crippen LogP contribution is -2.38. The van der Waals surface area contributed by atoms with Crippen molar-refractivity contribution in [1.29, 1.82) is 0 Å². The summed E-state index contributed by atoms with van der Waals surface area (Å²) in [6, 6.07) is 3.69. The minimum absolute atomic E-state index is 0.0388. The van der Waals surface area contributed by atoms with Gasteiger partial charge >= 0.3 is 0 Å². The molecule has 2 fully saturated rings. The number of aromatic amines is 1. The average molecular weight is 310 g/mol. The molecule has 1 aliphatic heterocycles. The minimum atomic E-state index is -2.43. The topological polar surface area (TPSA) is 36.1 Å². The summed E-state index contributed by atoms with van der Waals surface area (Å²) in [7, 11) is 0. The third kappa shape index (κ3) is 3.94. The first-order chi connectivity index (χ1) is 10.5. The molecule has 1 N–H and O–H groups in total. The van der Waals surface area contributed by atoms with Gasteiger partial charge in [-0.15, -0.1) is 0 Å². The Bertz CT molecular complexity index is 540. The van der Waals surface area contributed by atoms with Crippen LogP contribution in [-0.2, 0) is 0 Å². The monoisotopic (exact) mass is 310 g/mol. The Morgan fingerprint density at radius 1 is 1.18 bits per heavy atom. The van der Waals surface area contributed by atoms with E-state index in [1.165, 1.54) is 0 Å². The normalized spacial score (nSPS) is 24.5. The molecule has 0 bridgehead atoms. The second-order valence-electron chi connectivity index (χ2n) is 6.86. The SMILES string of the molecule is O=c1cc(C2CCN(CC3CCC(F)(F)CC3)CC2)cc[nH]1. The van der Waals surface area contributed by atoms with Crippen LogP contribution in [0.3, 0.4) is 0 Å². The van der Waals surface area contributed by atoms with Crippen LogP contribution in [0, 0.1) is 5.92 Å². The molecule has 1 aromatic rings. The van der Waals surface area contributed by atoms with Gasteiger partial charge in [-0.05, 0) is 62.2 Å². The number of pyridine rings is 1. The molecule has 0 amide bonds. The fourth-order valence-corrected chi connectivity index (χ4v) is 3.81. The number of nitrogens with zero attached hydrogens (tertiary/aromatic N) is 1. The lowest BCUT2D eigenvalue weighted by atomic mass is 9.85. The molecule has 1 saturated heterocycles. The molecule has 3 rings (SSSR count). The molecular formula is C17H24F2N2O. The molecule has 5 heteroatoms. The molecule has 1 saturated carbocycles. The first-order valence-corrected chi connectivity index (χ1v) is 8.31. The molecule has 0 radical (unpaired) electrons. The van der Waals surface area contributed by atoms with Gasteiger partial charge in [0.15, 0.2) is 0 Å². The Balaban J connectivity index is 1.47. The Labute approximate surface area is 129 Å². The maximum atomic E-state index is 13.2. The number of alkyl halides is 2. The van der Waals surface area contributed by atoms with E-state index < -0.39 is 5.92 Å². The van der Waals surface area contributed by atoms with Crippen molar-refractivity contribution in [2.75, 3.05) is 19.6 Å². The van der Waals surface area contributed by atoms with Crippen molar-refractivity contribution in [2.45, 2.75) is 50.4 Å². The van der Waals surface area contributed by atoms with Crippen LogP contribution >= 0.6 is 0 Å². The van der Waals surface area contributed by atoms with Gasteiger partial charge < -0.3 is 9.88 Å². The third-order valence-corrected chi connectivity index (χ3v) is 5.21. The van der Waals surface area contributed by atoms with E-state index in [1.54, 1.807) is 12.3 Å². The summed E-state index contributed by atoms with van der Waals surface area (Å²) in [5.74, 6) is -1.55. The molecule has 3 nitrogen and oxygen atoms in total. The van der Waals surface area contributed by atoms with Gasteiger partial charge in [0, 0.05) is 31.6 Å². The average Bonchev–Trinajstić information content (AvgIpc) is 2.50. The Hall–Kier alpha value is -1.23. The van der Waals surface area contributed by atoms with Crippen LogP contribution in [0.25, 0.3) is 0 Å². The van der Waals surface area contributed by atoms with Gasteiger partial charge in [-0.25, -0.2) is 8.78 Å². The number of hydrogen-bond acceptors (Lipinski definition) is 2. The van der Waals surface area contributed by atoms with Crippen LogP contribution in [-0.4, -0.2) is 35.4 Å². The van der Waals surface area contributed by atoms with E-state index in [0.29, 0.717) is 24.7 Å². The van der Waals surface area contributed by atoms with Crippen LogP contribution in [0.5, 0.6) is 0 Å². The molecule has 0 spiro atoms. The maximum absolute atomic E-state index is 13.2. The summed E-state index contributed by atoms with van der Waals surface area (Å²) in [5, 5.41) is 0. The molecule has 22 heavy (non-hydrogen) atoms. The number of rotatable bonds is 3. The summed E-state index contributed by atoms with van der Waals surface area (Å²) >= 11 is 0. The summed E-state index contributed by atoms with van der Waals surface area (Å²) in [6.07, 6.45) is 5.23. The molecule has 2 aliphatic rings. The van der Waals surface area contributed by atoms with Gasteiger partial charge in [0.2, 0.25) is 11.5 Å². The molecule has 1 aliphatic carbocycles. The third-order valence-electron chi connectivity index (χ3n) is 5.21. The predicted octanol–water partition coefficient (Wildman–Crippen LogP) is 3.38. The first kappa shape index (κ1) is 15.7. The number of halogens is 2. The Morgan fingerprint density at radius 2 is 1.86 bits per heavy atom. The highest BCUT2D eigenvalue weighted by Gasteiger charge is 2.35. The van der Waals surface area contributed by atoms with Crippen LogP contribution in [0.15, 0.2) is 23.1 Å². The zero-order valence-corrected chi connectivity index (χ0v) is 12.9. The zero-order chi connectivity index (χ0) is 15.6. The van der Waals surface area contributed by atoms with E-state index in [9.17, 15) is 13.6 Å². The quantitative estimate of drug-likeness (QED) is 0.929. The molecule has 1 aromatic heterocycles. The van der Waals surface area contributed by atoms with Gasteiger partial charge in [-0.1, -0.05) is 0 Å². The fourth-order valence-electron chi connectivity index (χ4n) is 3.81. The second kappa shape index (κ2) is 6.49. The minimum Gasteiger partial charge on any atom is -0.329 e. The highest BCUT2D eigenvalue weighted by Crippen LogP contribution is 2.37. The number of aromatic nitrogens is 1. The molecule has 0 aromatic carbocycles. The van der Waals surface area contributed by atoms with Gasteiger partial charge in [-0.2, -0.15) is 0 Å². The summed E-state index contributed by atoms with van der Waals surface area (Å²) in [4.78, 5) is 16.5. The van der Waals surface area contributed by atoms with Crippen molar-refractivity contribution in [3.05, 3.63) is 34.2 Å². The van der Waals surface area contributed by atoms with Crippen molar-refractivity contribution in [1.82, 2.24) is 9.88 Å². The van der Waals surface area contributed by atoms with E-state index >= 15 is 0 Å². The summed E-state index contributed by atoms with van der Waals surface area (Å²) < 4.78 is 26.4. The van der Waals surface area contributed by atoms with Crippen molar-refractivity contribution < 1.29 is 8.78 Å².